The second-order valence-electron chi connectivity index (χ2n) is 5.08. The molecular weight excluding hydrogens is 272 g/mol. The Balaban J connectivity index is 1.82. The SMILES string of the molecule is COC(=O)CCC(=O)N1CCN2CCOc3cccc1c32. The molecule has 1 amide bonds. The van der Waals surface area contributed by atoms with Crippen molar-refractivity contribution >= 4 is 23.3 Å². The highest BCUT2D eigenvalue weighted by molar-refractivity contribution is 6.00. The molecule has 6 heteroatoms. The number of para-hydroxylation sites is 1. The van der Waals surface area contributed by atoms with E-state index in [1.165, 1.54) is 7.11 Å². The third-order valence-electron chi connectivity index (χ3n) is 3.87. The van der Waals surface area contributed by atoms with Crippen LogP contribution in [-0.4, -0.2) is 45.2 Å². The summed E-state index contributed by atoms with van der Waals surface area (Å²) in [5.41, 5.74) is 1.86. The number of nitrogens with zero attached hydrogens (tertiary/aromatic N) is 2. The van der Waals surface area contributed by atoms with E-state index in [9.17, 15) is 9.59 Å². The van der Waals surface area contributed by atoms with Gasteiger partial charge in [-0.2, -0.15) is 0 Å². The number of esters is 1. The minimum atomic E-state index is -0.361. The molecule has 2 heterocycles. The van der Waals surface area contributed by atoms with Crippen LogP contribution >= 0.6 is 0 Å². The molecular formula is C15H18N2O4. The van der Waals surface area contributed by atoms with E-state index in [-0.39, 0.29) is 24.7 Å². The molecule has 0 N–H and O–H groups in total. The molecule has 2 aliphatic rings. The lowest BCUT2D eigenvalue weighted by Crippen LogP contribution is -2.47. The number of carbonyl (C=O) groups is 2. The number of hydrogen-bond acceptors (Lipinski definition) is 5. The van der Waals surface area contributed by atoms with Gasteiger partial charge in [-0.05, 0) is 12.1 Å². The second kappa shape index (κ2) is 5.63. The molecule has 0 saturated carbocycles. The van der Waals surface area contributed by atoms with Crippen LogP contribution < -0.4 is 14.5 Å². The van der Waals surface area contributed by atoms with Crippen molar-refractivity contribution in [2.24, 2.45) is 0 Å². The van der Waals surface area contributed by atoms with E-state index < -0.39 is 0 Å². The summed E-state index contributed by atoms with van der Waals surface area (Å²) < 4.78 is 10.2. The molecule has 0 radical (unpaired) electrons. The Hall–Kier alpha value is -2.24. The van der Waals surface area contributed by atoms with Crippen LogP contribution in [0.2, 0.25) is 0 Å². The van der Waals surface area contributed by atoms with Crippen molar-refractivity contribution in [3.05, 3.63) is 18.2 Å². The largest absolute Gasteiger partial charge is 0.489 e. The summed E-state index contributed by atoms with van der Waals surface area (Å²) in [6.45, 7) is 2.94. The van der Waals surface area contributed by atoms with Gasteiger partial charge in [0, 0.05) is 19.5 Å². The van der Waals surface area contributed by atoms with Gasteiger partial charge in [-0.25, -0.2) is 0 Å². The molecule has 112 valence electrons. The number of anilines is 2. The van der Waals surface area contributed by atoms with Crippen LogP contribution in [0.15, 0.2) is 18.2 Å². The third kappa shape index (κ3) is 2.53. The zero-order valence-corrected chi connectivity index (χ0v) is 12.0. The van der Waals surface area contributed by atoms with Gasteiger partial charge >= 0.3 is 5.97 Å². The Kier molecular flexibility index (Phi) is 3.68. The molecule has 0 atom stereocenters. The van der Waals surface area contributed by atoms with E-state index >= 15 is 0 Å². The molecule has 0 aliphatic carbocycles. The molecule has 0 spiro atoms. The monoisotopic (exact) mass is 290 g/mol. The molecule has 0 bridgehead atoms. The van der Waals surface area contributed by atoms with Gasteiger partial charge in [-0.3, -0.25) is 9.59 Å². The van der Waals surface area contributed by atoms with Gasteiger partial charge in [-0.1, -0.05) is 6.07 Å². The van der Waals surface area contributed by atoms with Crippen LogP contribution in [0.4, 0.5) is 11.4 Å². The molecule has 1 aromatic carbocycles. The Morgan fingerprint density at radius 3 is 2.90 bits per heavy atom. The normalized spacial score (nSPS) is 16.0. The fraction of sp³-hybridized carbons (Fsp3) is 0.467. The summed E-state index contributed by atoms with van der Waals surface area (Å²) in [4.78, 5) is 27.5. The van der Waals surface area contributed by atoms with Crippen LogP contribution in [0.3, 0.4) is 0 Å². The lowest BCUT2D eigenvalue weighted by molar-refractivity contribution is -0.141. The number of hydrogen-bond donors (Lipinski definition) is 0. The highest BCUT2D eigenvalue weighted by atomic mass is 16.5. The van der Waals surface area contributed by atoms with Crippen LogP contribution in [-0.2, 0) is 14.3 Å². The smallest absolute Gasteiger partial charge is 0.306 e. The maximum Gasteiger partial charge on any atom is 0.306 e. The molecule has 0 fully saturated rings. The highest BCUT2D eigenvalue weighted by Gasteiger charge is 2.31. The van der Waals surface area contributed by atoms with Crippen molar-refractivity contribution in [3.63, 3.8) is 0 Å². The van der Waals surface area contributed by atoms with Gasteiger partial charge in [0.2, 0.25) is 5.91 Å². The zero-order chi connectivity index (χ0) is 14.8. The van der Waals surface area contributed by atoms with Crippen LogP contribution in [0.1, 0.15) is 12.8 Å². The summed E-state index contributed by atoms with van der Waals surface area (Å²) in [6.07, 6.45) is 0.276. The van der Waals surface area contributed by atoms with Gasteiger partial charge < -0.3 is 19.3 Å². The fourth-order valence-corrected chi connectivity index (χ4v) is 2.81. The molecule has 3 rings (SSSR count). The zero-order valence-electron chi connectivity index (χ0n) is 12.0. The van der Waals surface area contributed by atoms with Crippen LogP contribution in [0.5, 0.6) is 5.75 Å². The van der Waals surface area contributed by atoms with Crippen LogP contribution in [0.25, 0.3) is 0 Å². The fourth-order valence-electron chi connectivity index (χ4n) is 2.81. The van der Waals surface area contributed by atoms with Crippen LogP contribution in [0, 0.1) is 0 Å². The van der Waals surface area contributed by atoms with E-state index in [1.54, 1.807) is 4.90 Å². The molecule has 2 aliphatic heterocycles. The van der Waals surface area contributed by atoms with Crippen molar-refractivity contribution in [3.8, 4) is 5.75 Å². The summed E-state index contributed by atoms with van der Waals surface area (Å²) in [5, 5.41) is 0. The standard InChI is InChI=1S/C15H18N2O4/c1-20-14(19)6-5-13(18)17-8-7-16-9-10-21-12-4-2-3-11(17)15(12)16/h2-4H,5-10H2,1H3. The van der Waals surface area contributed by atoms with Gasteiger partial charge in [0.1, 0.15) is 18.0 Å². The number of rotatable bonds is 3. The first-order valence-corrected chi connectivity index (χ1v) is 7.08. The minimum Gasteiger partial charge on any atom is -0.489 e. The molecule has 1 aromatic rings. The number of carbonyl (C=O) groups excluding carboxylic acids is 2. The summed E-state index contributed by atoms with van der Waals surface area (Å²) in [7, 11) is 1.33. The van der Waals surface area contributed by atoms with Gasteiger partial charge in [-0.15, -0.1) is 0 Å². The first-order chi connectivity index (χ1) is 10.2. The number of methoxy groups -OCH3 is 1. The molecule has 0 aromatic heterocycles. The Morgan fingerprint density at radius 2 is 2.10 bits per heavy atom. The van der Waals surface area contributed by atoms with Gasteiger partial charge in [0.05, 0.1) is 25.8 Å². The Labute approximate surface area is 123 Å². The second-order valence-corrected chi connectivity index (χ2v) is 5.08. The number of ether oxygens (including phenoxy) is 2. The topological polar surface area (TPSA) is 59.1 Å². The van der Waals surface area contributed by atoms with E-state index in [1.807, 2.05) is 18.2 Å². The average Bonchev–Trinajstić information content (AvgIpc) is 2.53. The van der Waals surface area contributed by atoms with E-state index in [4.69, 9.17) is 4.74 Å². The first kappa shape index (κ1) is 13.7. The minimum absolute atomic E-state index is 0.0565. The lowest BCUT2D eigenvalue weighted by Gasteiger charge is -2.41. The lowest BCUT2D eigenvalue weighted by atomic mass is 10.1. The average molecular weight is 290 g/mol. The summed E-state index contributed by atoms with van der Waals surface area (Å²) >= 11 is 0. The maximum atomic E-state index is 12.4. The van der Waals surface area contributed by atoms with Gasteiger partial charge in [0.15, 0.2) is 0 Å². The molecule has 6 nitrogen and oxygen atoms in total. The van der Waals surface area contributed by atoms with Crippen molar-refractivity contribution in [2.45, 2.75) is 12.8 Å². The van der Waals surface area contributed by atoms with Crippen molar-refractivity contribution in [2.75, 3.05) is 43.2 Å². The highest BCUT2D eigenvalue weighted by Crippen LogP contribution is 2.42. The quantitative estimate of drug-likeness (QED) is 0.783. The molecule has 0 unspecified atom stereocenters. The Bertz CT molecular complexity index is 573. The van der Waals surface area contributed by atoms with Crippen molar-refractivity contribution in [1.29, 1.82) is 0 Å². The van der Waals surface area contributed by atoms with E-state index in [0.29, 0.717) is 13.2 Å². The van der Waals surface area contributed by atoms with E-state index in [2.05, 4.69) is 9.64 Å². The van der Waals surface area contributed by atoms with E-state index in [0.717, 1.165) is 30.2 Å². The Morgan fingerprint density at radius 1 is 1.24 bits per heavy atom. The predicted molar refractivity (Wildman–Crippen MR) is 77.8 cm³/mol. The first-order valence-electron chi connectivity index (χ1n) is 7.08. The molecule has 21 heavy (non-hydrogen) atoms. The number of benzene rings is 1. The summed E-state index contributed by atoms with van der Waals surface area (Å²) in [6, 6.07) is 5.74. The van der Waals surface area contributed by atoms with Crippen molar-refractivity contribution < 1.29 is 19.1 Å². The summed E-state index contributed by atoms with van der Waals surface area (Å²) in [5.74, 6) is 0.406. The maximum absolute atomic E-state index is 12.4. The predicted octanol–water partition coefficient (Wildman–Crippen LogP) is 1.19. The van der Waals surface area contributed by atoms with Gasteiger partial charge in [0.25, 0.3) is 0 Å². The number of amides is 1. The molecule has 0 saturated heterocycles. The van der Waals surface area contributed by atoms with Crippen molar-refractivity contribution in [1.82, 2.24) is 0 Å². The third-order valence-corrected chi connectivity index (χ3v) is 3.87.